The average molecular weight is 433 g/mol. The molecule has 2 aliphatic heterocycles. The second-order valence-corrected chi connectivity index (χ2v) is 9.26. The summed E-state index contributed by atoms with van der Waals surface area (Å²) in [7, 11) is 1.85. The van der Waals surface area contributed by atoms with E-state index >= 15 is 0 Å². The van der Waals surface area contributed by atoms with E-state index in [4.69, 9.17) is 0 Å². The van der Waals surface area contributed by atoms with E-state index in [0.717, 1.165) is 42.6 Å². The summed E-state index contributed by atoms with van der Waals surface area (Å²) in [5.41, 5.74) is 11.5. The van der Waals surface area contributed by atoms with Crippen LogP contribution in [0, 0.1) is 12.3 Å². The predicted octanol–water partition coefficient (Wildman–Crippen LogP) is 3.25. The molecule has 2 aromatic carbocycles. The van der Waals surface area contributed by atoms with Crippen LogP contribution in [0.1, 0.15) is 46.7 Å². The average Bonchev–Trinajstić information content (AvgIpc) is 3.30. The number of carboxylic acid groups (broad SMARTS) is 1. The number of carbonyl (C=O) groups is 2. The summed E-state index contributed by atoms with van der Waals surface area (Å²) in [6, 6.07) is 14.0. The van der Waals surface area contributed by atoms with Crippen LogP contribution in [0.15, 0.2) is 54.4 Å². The Kier molecular flexibility index (Phi) is 4.93. The second-order valence-electron chi connectivity index (χ2n) is 9.26. The Morgan fingerprint density at radius 2 is 1.81 bits per heavy atom. The zero-order chi connectivity index (χ0) is 22.5. The van der Waals surface area contributed by atoms with E-state index in [1.54, 1.807) is 23.3 Å². The van der Waals surface area contributed by atoms with E-state index in [1.165, 1.54) is 12.0 Å². The van der Waals surface area contributed by atoms with Gasteiger partial charge < -0.3 is 10.0 Å². The van der Waals surface area contributed by atoms with Crippen molar-refractivity contribution in [2.45, 2.75) is 32.1 Å². The van der Waals surface area contributed by atoms with Crippen LogP contribution >= 0.6 is 0 Å². The van der Waals surface area contributed by atoms with Crippen molar-refractivity contribution in [3.63, 3.8) is 0 Å². The molecule has 2 aromatic rings. The SMILES string of the molecule is Cc1cc(C(=O)O)ccc1-c1ccc([C@@H]2CC23CCN(C(=O)C2=CN(C)NN2)CC3)cc1. The number of hydrogen-bond acceptors (Lipinski definition) is 5. The fraction of sp³-hybridized carbons (Fsp3) is 0.360. The van der Waals surface area contributed by atoms with Crippen molar-refractivity contribution in [1.29, 1.82) is 0 Å². The normalized spacial score (nSPS) is 21.3. The van der Waals surface area contributed by atoms with Gasteiger partial charge in [0.2, 0.25) is 0 Å². The lowest BCUT2D eigenvalue weighted by molar-refractivity contribution is -0.129. The van der Waals surface area contributed by atoms with Gasteiger partial charge in [0, 0.05) is 26.3 Å². The van der Waals surface area contributed by atoms with Gasteiger partial charge >= 0.3 is 5.97 Å². The molecule has 7 heteroatoms. The van der Waals surface area contributed by atoms with Crippen molar-refractivity contribution < 1.29 is 14.7 Å². The molecule has 1 spiro atoms. The lowest BCUT2D eigenvalue weighted by Gasteiger charge is -2.33. The van der Waals surface area contributed by atoms with Crippen molar-refractivity contribution in [1.82, 2.24) is 20.9 Å². The fourth-order valence-electron chi connectivity index (χ4n) is 5.23. The number of benzene rings is 2. The van der Waals surface area contributed by atoms with Crippen molar-refractivity contribution in [3.05, 3.63) is 71.1 Å². The zero-order valence-corrected chi connectivity index (χ0v) is 18.4. The lowest BCUT2D eigenvalue weighted by Crippen LogP contribution is -2.43. The summed E-state index contributed by atoms with van der Waals surface area (Å²) in [5.74, 6) is -0.287. The molecule has 2 fully saturated rings. The highest BCUT2D eigenvalue weighted by Crippen LogP contribution is 2.65. The summed E-state index contributed by atoms with van der Waals surface area (Å²) in [4.78, 5) is 25.8. The summed E-state index contributed by atoms with van der Waals surface area (Å²) >= 11 is 0. The minimum absolute atomic E-state index is 0.0579. The Morgan fingerprint density at radius 1 is 1.09 bits per heavy atom. The number of piperidine rings is 1. The number of rotatable bonds is 4. The van der Waals surface area contributed by atoms with Gasteiger partial charge in [-0.15, -0.1) is 5.53 Å². The summed E-state index contributed by atoms with van der Waals surface area (Å²) < 4.78 is 0. The van der Waals surface area contributed by atoms with Gasteiger partial charge in [0.25, 0.3) is 5.91 Å². The third-order valence-corrected chi connectivity index (χ3v) is 7.25. The van der Waals surface area contributed by atoms with E-state index < -0.39 is 5.97 Å². The number of aryl methyl sites for hydroxylation is 1. The smallest absolute Gasteiger partial charge is 0.335 e. The molecule has 3 N–H and O–H groups in total. The van der Waals surface area contributed by atoms with Crippen LogP contribution in [-0.2, 0) is 4.79 Å². The number of likely N-dealkylation sites (tertiary alicyclic amines) is 1. The molecule has 7 nitrogen and oxygen atoms in total. The van der Waals surface area contributed by atoms with Crippen molar-refractivity contribution >= 4 is 11.9 Å². The van der Waals surface area contributed by atoms with E-state index in [1.807, 2.05) is 24.9 Å². The minimum Gasteiger partial charge on any atom is -0.478 e. The standard InChI is InChI=1S/C25H28N4O3/c1-16-13-19(24(31)32)7-8-20(16)17-3-5-18(6-4-17)21-14-25(21)9-11-29(12-10-25)23(30)22-15-28(2)27-26-22/h3-8,13,15,21,26-27H,9-12,14H2,1-2H3,(H,31,32)/t21-/m0/s1. The van der Waals surface area contributed by atoms with Gasteiger partial charge in [-0.3, -0.25) is 15.2 Å². The van der Waals surface area contributed by atoms with Crippen molar-refractivity contribution in [3.8, 4) is 11.1 Å². The number of hydrazine groups is 2. The van der Waals surface area contributed by atoms with E-state index in [2.05, 4.69) is 35.2 Å². The molecule has 0 aromatic heterocycles. The summed E-state index contributed by atoms with van der Waals surface area (Å²) in [5, 5.41) is 10.9. The van der Waals surface area contributed by atoms with Crippen LogP contribution in [0.5, 0.6) is 0 Å². The molecule has 1 aliphatic carbocycles. The Balaban J connectivity index is 1.23. The molecule has 32 heavy (non-hydrogen) atoms. The molecule has 0 bridgehead atoms. The van der Waals surface area contributed by atoms with Crippen LogP contribution in [0.4, 0.5) is 0 Å². The number of amides is 1. The van der Waals surface area contributed by atoms with Crippen LogP contribution in [0.2, 0.25) is 0 Å². The van der Waals surface area contributed by atoms with Crippen LogP contribution in [-0.4, -0.2) is 47.0 Å². The molecule has 0 unspecified atom stereocenters. The third kappa shape index (κ3) is 3.62. The molecular formula is C25H28N4O3. The zero-order valence-electron chi connectivity index (χ0n) is 18.4. The van der Waals surface area contributed by atoms with E-state index in [9.17, 15) is 14.7 Å². The first-order valence-corrected chi connectivity index (χ1v) is 11.1. The van der Waals surface area contributed by atoms with Crippen LogP contribution in [0.25, 0.3) is 11.1 Å². The number of carbonyl (C=O) groups excluding carboxylic acids is 1. The molecule has 3 aliphatic rings. The van der Waals surface area contributed by atoms with Gasteiger partial charge in [-0.2, -0.15) is 0 Å². The van der Waals surface area contributed by atoms with Gasteiger partial charge in [-0.05, 0) is 71.9 Å². The Labute approximate surface area is 187 Å². The topological polar surface area (TPSA) is 84.9 Å². The number of nitrogens with zero attached hydrogens (tertiary/aromatic N) is 2. The Hall–Kier alpha value is -3.32. The van der Waals surface area contributed by atoms with E-state index in [-0.39, 0.29) is 5.91 Å². The van der Waals surface area contributed by atoms with Gasteiger partial charge in [0.05, 0.1) is 5.56 Å². The maximum absolute atomic E-state index is 12.7. The summed E-state index contributed by atoms with van der Waals surface area (Å²) in [6.45, 7) is 3.54. The molecule has 5 rings (SSSR count). The highest BCUT2D eigenvalue weighted by molar-refractivity contribution is 5.93. The molecule has 1 saturated heterocycles. The number of nitrogens with one attached hydrogen (secondary N) is 2. The Bertz CT molecular complexity index is 1100. The van der Waals surface area contributed by atoms with Gasteiger partial charge in [0.15, 0.2) is 0 Å². The number of hydrogen-bond donors (Lipinski definition) is 3. The molecule has 1 saturated carbocycles. The first-order valence-electron chi connectivity index (χ1n) is 11.1. The maximum Gasteiger partial charge on any atom is 0.335 e. The quantitative estimate of drug-likeness (QED) is 0.688. The molecule has 1 amide bonds. The minimum atomic E-state index is -0.901. The van der Waals surface area contributed by atoms with Gasteiger partial charge in [-0.1, -0.05) is 30.3 Å². The highest BCUT2D eigenvalue weighted by Gasteiger charge is 2.55. The molecule has 166 valence electrons. The number of aromatic carboxylic acids is 1. The first kappa shape index (κ1) is 20.6. The highest BCUT2D eigenvalue weighted by atomic mass is 16.4. The maximum atomic E-state index is 12.7. The van der Waals surface area contributed by atoms with Crippen LogP contribution in [0.3, 0.4) is 0 Å². The third-order valence-electron chi connectivity index (χ3n) is 7.25. The van der Waals surface area contributed by atoms with Crippen molar-refractivity contribution in [2.75, 3.05) is 20.1 Å². The Morgan fingerprint density at radius 3 is 2.41 bits per heavy atom. The lowest BCUT2D eigenvalue weighted by atomic mass is 9.88. The number of carboxylic acids is 1. The second kappa shape index (κ2) is 7.67. The fourth-order valence-corrected chi connectivity index (χ4v) is 5.23. The largest absolute Gasteiger partial charge is 0.478 e. The van der Waals surface area contributed by atoms with Crippen molar-refractivity contribution in [2.24, 2.45) is 5.41 Å². The van der Waals surface area contributed by atoms with Gasteiger partial charge in [0.1, 0.15) is 5.70 Å². The predicted molar refractivity (Wildman–Crippen MR) is 121 cm³/mol. The molecule has 1 atom stereocenters. The van der Waals surface area contributed by atoms with Crippen LogP contribution < -0.4 is 11.0 Å². The monoisotopic (exact) mass is 432 g/mol. The summed E-state index contributed by atoms with van der Waals surface area (Å²) in [6.07, 6.45) is 5.05. The van der Waals surface area contributed by atoms with Gasteiger partial charge in [-0.25, -0.2) is 4.79 Å². The molecule has 0 radical (unpaired) electrons. The molecular weight excluding hydrogens is 404 g/mol. The molecule has 2 heterocycles. The van der Waals surface area contributed by atoms with E-state index in [0.29, 0.717) is 22.6 Å². The first-order chi connectivity index (χ1) is 15.4.